The highest BCUT2D eigenvalue weighted by atomic mass is 32.2. The Kier molecular flexibility index (Phi) is 6.64. The van der Waals surface area contributed by atoms with Gasteiger partial charge in [0.2, 0.25) is 0 Å². The zero-order valence-electron chi connectivity index (χ0n) is 12.7. The van der Waals surface area contributed by atoms with Gasteiger partial charge >= 0.3 is 0 Å². The number of nitriles is 2. The number of benzene rings is 2. The average molecular weight is 335 g/mol. The summed E-state index contributed by atoms with van der Waals surface area (Å²) in [7, 11) is 0. The topological polar surface area (TPSA) is 59.6 Å². The van der Waals surface area contributed by atoms with E-state index >= 15 is 0 Å². The van der Waals surface area contributed by atoms with Gasteiger partial charge in [-0.05, 0) is 29.8 Å². The summed E-state index contributed by atoms with van der Waals surface area (Å²) >= 11 is 1.34. The molecule has 0 amide bonds. The van der Waals surface area contributed by atoms with Gasteiger partial charge in [0.1, 0.15) is 23.0 Å². The van der Waals surface area contributed by atoms with E-state index in [4.69, 9.17) is 10.5 Å². The maximum atomic E-state index is 13.0. The second-order valence-electron chi connectivity index (χ2n) is 4.68. The molecule has 0 radical (unpaired) electrons. The van der Waals surface area contributed by atoms with E-state index in [9.17, 15) is 4.39 Å². The van der Waals surface area contributed by atoms with Gasteiger partial charge in [-0.2, -0.15) is 10.5 Å². The quantitative estimate of drug-likeness (QED) is 0.759. The average Bonchev–Trinajstić information content (AvgIpc) is 2.62. The lowest BCUT2D eigenvalue weighted by Gasteiger charge is -2.09. The predicted molar refractivity (Wildman–Crippen MR) is 96.2 cm³/mol. The third-order valence-electron chi connectivity index (χ3n) is 2.99. The van der Waals surface area contributed by atoms with Crippen LogP contribution in [0.1, 0.15) is 5.56 Å². The number of anilines is 1. The summed E-state index contributed by atoms with van der Waals surface area (Å²) in [5, 5.41) is 21.6. The Labute approximate surface area is 144 Å². The number of rotatable bonds is 6. The van der Waals surface area contributed by atoms with Crippen LogP contribution in [0, 0.1) is 28.5 Å². The molecule has 24 heavy (non-hydrogen) atoms. The number of allylic oxidation sites excluding steroid dienone is 1. The Balaban J connectivity index is 2.06. The molecular weight excluding hydrogens is 321 g/mol. The molecule has 0 aromatic heterocycles. The highest BCUT2D eigenvalue weighted by Crippen LogP contribution is 2.23. The standard InChI is InChI=1S/C19H14FN3S/c20-17-8-10-18(11-9-17)23-19(16(13-21)14-22)24-12-4-7-15-5-2-1-3-6-15/h1-11,23H,12H2. The molecule has 3 nitrogen and oxygen atoms in total. The van der Waals surface area contributed by atoms with Gasteiger partial charge < -0.3 is 5.32 Å². The Morgan fingerprint density at radius 1 is 1.04 bits per heavy atom. The van der Waals surface area contributed by atoms with Crippen molar-refractivity contribution in [1.82, 2.24) is 0 Å². The summed E-state index contributed by atoms with van der Waals surface area (Å²) in [5.41, 5.74) is 1.70. The fourth-order valence-electron chi connectivity index (χ4n) is 1.84. The smallest absolute Gasteiger partial charge is 0.159 e. The fourth-order valence-corrected chi connectivity index (χ4v) is 2.63. The molecule has 0 unspecified atom stereocenters. The molecule has 2 aromatic carbocycles. The number of nitrogens with one attached hydrogen (secondary N) is 1. The Morgan fingerprint density at radius 3 is 2.33 bits per heavy atom. The summed E-state index contributed by atoms with van der Waals surface area (Å²) in [6, 6.07) is 19.4. The molecule has 0 atom stereocenters. The number of thioether (sulfide) groups is 1. The lowest BCUT2D eigenvalue weighted by molar-refractivity contribution is 0.628. The first-order valence-corrected chi connectivity index (χ1v) is 8.13. The van der Waals surface area contributed by atoms with Crippen molar-refractivity contribution in [2.45, 2.75) is 0 Å². The van der Waals surface area contributed by atoms with Gasteiger partial charge in [0.15, 0.2) is 5.57 Å². The van der Waals surface area contributed by atoms with Crippen LogP contribution in [0.5, 0.6) is 0 Å². The molecule has 5 heteroatoms. The van der Waals surface area contributed by atoms with Crippen LogP contribution in [-0.4, -0.2) is 5.75 Å². The molecule has 118 valence electrons. The van der Waals surface area contributed by atoms with E-state index in [-0.39, 0.29) is 11.4 Å². The van der Waals surface area contributed by atoms with Crippen molar-refractivity contribution in [1.29, 1.82) is 10.5 Å². The van der Waals surface area contributed by atoms with Gasteiger partial charge in [-0.25, -0.2) is 4.39 Å². The molecular formula is C19H14FN3S. The molecule has 0 heterocycles. The number of hydrogen-bond acceptors (Lipinski definition) is 4. The van der Waals surface area contributed by atoms with Gasteiger partial charge in [0.05, 0.1) is 0 Å². The second-order valence-corrected chi connectivity index (χ2v) is 5.71. The summed E-state index contributed by atoms with van der Waals surface area (Å²) in [5.74, 6) is 0.246. The van der Waals surface area contributed by atoms with Gasteiger partial charge in [-0.3, -0.25) is 0 Å². The maximum Gasteiger partial charge on any atom is 0.159 e. The third kappa shape index (κ3) is 5.31. The lowest BCUT2D eigenvalue weighted by atomic mass is 10.2. The SMILES string of the molecule is N#CC(C#N)=C(Nc1ccc(F)cc1)SCC=Cc1ccccc1. The van der Waals surface area contributed by atoms with Crippen LogP contribution in [0.2, 0.25) is 0 Å². The van der Waals surface area contributed by atoms with Gasteiger partial charge in [-0.1, -0.05) is 42.5 Å². The largest absolute Gasteiger partial charge is 0.349 e. The van der Waals surface area contributed by atoms with Crippen molar-refractivity contribution in [2.75, 3.05) is 11.1 Å². The monoisotopic (exact) mass is 335 g/mol. The second kappa shape index (κ2) is 9.19. The Morgan fingerprint density at radius 2 is 1.71 bits per heavy atom. The lowest BCUT2D eigenvalue weighted by Crippen LogP contribution is -2.00. The molecule has 0 spiro atoms. The first kappa shape index (κ1) is 17.3. The number of nitrogens with zero attached hydrogens (tertiary/aromatic N) is 2. The zero-order chi connectivity index (χ0) is 17.2. The highest BCUT2D eigenvalue weighted by Gasteiger charge is 2.07. The van der Waals surface area contributed by atoms with E-state index < -0.39 is 0 Å². The fraction of sp³-hybridized carbons (Fsp3) is 0.0526. The molecule has 0 saturated carbocycles. The van der Waals surface area contributed by atoms with Gasteiger partial charge in [0, 0.05) is 11.4 Å². The molecule has 0 aliphatic heterocycles. The minimum atomic E-state index is -0.342. The molecule has 1 N–H and O–H groups in total. The summed E-state index contributed by atoms with van der Waals surface area (Å²) in [6.45, 7) is 0. The van der Waals surface area contributed by atoms with Crippen molar-refractivity contribution in [3.05, 3.63) is 82.7 Å². The normalized spacial score (nSPS) is 9.96. The van der Waals surface area contributed by atoms with Crippen LogP contribution in [0.15, 0.2) is 71.3 Å². The van der Waals surface area contributed by atoms with Gasteiger partial charge in [-0.15, -0.1) is 11.8 Å². The van der Waals surface area contributed by atoms with Crippen molar-refractivity contribution in [3.63, 3.8) is 0 Å². The number of halogens is 1. The minimum Gasteiger partial charge on any atom is -0.349 e. The predicted octanol–water partition coefficient (Wildman–Crippen LogP) is 4.94. The molecule has 0 bridgehead atoms. The summed E-state index contributed by atoms with van der Waals surface area (Å²) in [4.78, 5) is 0. The maximum absolute atomic E-state index is 13.0. The van der Waals surface area contributed by atoms with Crippen LogP contribution in [0.3, 0.4) is 0 Å². The van der Waals surface area contributed by atoms with E-state index in [1.807, 2.05) is 54.6 Å². The molecule has 0 aliphatic carbocycles. The third-order valence-corrected chi connectivity index (χ3v) is 3.94. The Bertz CT molecular complexity index is 796. The Hall–Kier alpha value is -3.02. The van der Waals surface area contributed by atoms with Crippen LogP contribution in [0.25, 0.3) is 6.08 Å². The van der Waals surface area contributed by atoms with E-state index in [1.165, 1.54) is 23.9 Å². The first-order chi connectivity index (χ1) is 11.7. The van der Waals surface area contributed by atoms with E-state index in [0.29, 0.717) is 16.5 Å². The van der Waals surface area contributed by atoms with Crippen LogP contribution in [0.4, 0.5) is 10.1 Å². The number of hydrogen-bond donors (Lipinski definition) is 1. The van der Waals surface area contributed by atoms with Gasteiger partial charge in [0.25, 0.3) is 0 Å². The van der Waals surface area contributed by atoms with Crippen molar-refractivity contribution in [3.8, 4) is 12.1 Å². The molecule has 0 fully saturated rings. The van der Waals surface area contributed by atoms with Crippen LogP contribution in [-0.2, 0) is 0 Å². The summed E-state index contributed by atoms with van der Waals surface area (Å²) < 4.78 is 13.0. The molecule has 0 saturated heterocycles. The van der Waals surface area contributed by atoms with E-state index in [0.717, 1.165) is 5.56 Å². The summed E-state index contributed by atoms with van der Waals surface area (Å²) in [6.07, 6.45) is 3.93. The molecule has 0 aliphatic rings. The van der Waals surface area contributed by atoms with Crippen molar-refractivity contribution in [2.24, 2.45) is 0 Å². The molecule has 2 rings (SSSR count). The zero-order valence-corrected chi connectivity index (χ0v) is 13.6. The van der Waals surface area contributed by atoms with Crippen LogP contribution < -0.4 is 5.32 Å². The van der Waals surface area contributed by atoms with Crippen LogP contribution >= 0.6 is 11.8 Å². The van der Waals surface area contributed by atoms with E-state index in [1.54, 1.807) is 12.1 Å². The molecule has 2 aromatic rings. The minimum absolute atomic E-state index is 0.00237. The van der Waals surface area contributed by atoms with Crippen molar-refractivity contribution >= 4 is 23.5 Å². The highest BCUT2D eigenvalue weighted by molar-refractivity contribution is 8.03. The van der Waals surface area contributed by atoms with Crippen molar-refractivity contribution < 1.29 is 4.39 Å². The van der Waals surface area contributed by atoms with E-state index in [2.05, 4.69) is 5.32 Å². The first-order valence-electron chi connectivity index (χ1n) is 7.14.